The van der Waals surface area contributed by atoms with Crippen LogP contribution in [-0.4, -0.2) is 4.89 Å². The Bertz CT molecular complexity index is 272. The standard InChI is InChI=1S/C7H10NO3P/c8-5-6-1-3-7(4-2-6)11-12(9)10/h1-4,12H,5,8H2,(H,9,10). The molecule has 1 atom stereocenters. The van der Waals surface area contributed by atoms with E-state index in [0.717, 1.165) is 5.56 Å². The molecule has 0 bridgehead atoms. The molecule has 12 heavy (non-hydrogen) atoms. The highest BCUT2D eigenvalue weighted by molar-refractivity contribution is 7.32. The zero-order chi connectivity index (χ0) is 8.97. The van der Waals surface area contributed by atoms with Crippen molar-refractivity contribution in [2.45, 2.75) is 6.54 Å². The highest BCUT2D eigenvalue weighted by atomic mass is 31.1. The molecule has 1 aromatic carbocycles. The van der Waals surface area contributed by atoms with E-state index in [1.54, 1.807) is 24.3 Å². The van der Waals surface area contributed by atoms with Crippen molar-refractivity contribution in [3.63, 3.8) is 0 Å². The van der Waals surface area contributed by atoms with Crippen LogP contribution in [0.4, 0.5) is 0 Å². The van der Waals surface area contributed by atoms with Gasteiger partial charge in [0.1, 0.15) is 5.75 Å². The Morgan fingerprint density at radius 2 is 2.00 bits per heavy atom. The van der Waals surface area contributed by atoms with Crippen molar-refractivity contribution < 1.29 is 14.0 Å². The molecule has 0 aromatic heterocycles. The van der Waals surface area contributed by atoms with Gasteiger partial charge in [-0.15, -0.1) is 0 Å². The Morgan fingerprint density at radius 3 is 2.42 bits per heavy atom. The summed E-state index contributed by atoms with van der Waals surface area (Å²) in [6, 6.07) is 6.72. The van der Waals surface area contributed by atoms with Crippen LogP contribution in [0.2, 0.25) is 0 Å². The molecule has 0 heterocycles. The van der Waals surface area contributed by atoms with Gasteiger partial charge in [-0.25, -0.2) is 4.57 Å². The Kier molecular flexibility index (Phi) is 3.29. The lowest BCUT2D eigenvalue weighted by Crippen LogP contribution is -1.95. The van der Waals surface area contributed by atoms with Gasteiger partial charge in [-0.3, -0.25) is 0 Å². The molecule has 1 rings (SSSR count). The summed E-state index contributed by atoms with van der Waals surface area (Å²) in [6.07, 6.45) is 0. The first-order valence-corrected chi connectivity index (χ1v) is 4.68. The maximum Gasteiger partial charge on any atom is 0.365 e. The van der Waals surface area contributed by atoms with Crippen LogP contribution in [0.5, 0.6) is 5.75 Å². The van der Waals surface area contributed by atoms with Gasteiger partial charge in [0.2, 0.25) is 0 Å². The van der Waals surface area contributed by atoms with Crippen LogP contribution >= 0.6 is 8.25 Å². The summed E-state index contributed by atoms with van der Waals surface area (Å²) in [7, 11) is -2.89. The molecule has 0 amide bonds. The van der Waals surface area contributed by atoms with E-state index in [-0.39, 0.29) is 0 Å². The van der Waals surface area contributed by atoms with Crippen LogP contribution in [0.1, 0.15) is 5.56 Å². The minimum absolute atomic E-state index is 0.388. The number of benzene rings is 1. The van der Waals surface area contributed by atoms with Gasteiger partial charge in [-0.2, -0.15) is 0 Å². The first-order valence-electron chi connectivity index (χ1n) is 3.42. The van der Waals surface area contributed by atoms with Gasteiger partial charge in [-0.1, -0.05) is 12.1 Å². The van der Waals surface area contributed by atoms with E-state index < -0.39 is 8.25 Å². The normalized spacial score (nSPS) is 12.5. The molecular formula is C7H10NO3P. The smallest absolute Gasteiger partial charge is 0.365 e. The van der Waals surface area contributed by atoms with Gasteiger partial charge in [-0.05, 0) is 17.7 Å². The fourth-order valence-electron chi connectivity index (χ4n) is 0.794. The summed E-state index contributed by atoms with van der Waals surface area (Å²) in [6.45, 7) is 0.453. The van der Waals surface area contributed by atoms with Crippen LogP contribution < -0.4 is 10.3 Å². The van der Waals surface area contributed by atoms with Crippen molar-refractivity contribution in [3.05, 3.63) is 29.8 Å². The van der Waals surface area contributed by atoms with E-state index in [9.17, 15) is 4.57 Å². The lowest BCUT2D eigenvalue weighted by atomic mass is 10.2. The topological polar surface area (TPSA) is 72.5 Å². The first-order chi connectivity index (χ1) is 5.72. The number of nitrogens with two attached hydrogens (primary N) is 1. The minimum Gasteiger partial charge on any atom is -0.426 e. The second kappa shape index (κ2) is 4.26. The van der Waals surface area contributed by atoms with Crippen molar-refractivity contribution in [2.24, 2.45) is 5.73 Å². The third-order valence-corrected chi connectivity index (χ3v) is 1.77. The zero-order valence-electron chi connectivity index (χ0n) is 6.36. The van der Waals surface area contributed by atoms with Crippen LogP contribution in [0, 0.1) is 0 Å². The number of rotatable bonds is 3. The Labute approximate surface area is 70.9 Å². The van der Waals surface area contributed by atoms with Gasteiger partial charge in [0.05, 0.1) is 0 Å². The van der Waals surface area contributed by atoms with E-state index >= 15 is 0 Å². The molecule has 5 heteroatoms. The summed E-state index contributed by atoms with van der Waals surface area (Å²) in [5, 5.41) is 0. The molecular weight excluding hydrogens is 177 g/mol. The summed E-state index contributed by atoms with van der Waals surface area (Å²) in [4.78, 5) is 8.43. The van der Waals surface area contributed by atoms with Crippen molar-refractivity contribution in [2.75, 3.05) is 0 Å². The zero-order valence-corrected chi connectivity index (χ0v) is 7.36. The van der Waals surface area contributed by atoms with E-state index in [2.05, 4.69) is 4.52 Å². The molecule has 66 valence electrons. The van der Waals surface area contributed by atoms with Crippen LogP contribution in [0.3, 0.4) is 0 Å². The van der Waals surface area contributed by atoms with E-state index in [4.69, 9.17) is 10.6 Å². The molecule has 0 radical (unpaired) electrons. The summed E-state index contributed by atoms with van der Waals surface area (Å²) in [5.41, 5.74) is 6.31. The maximum atomic E-state index is 10.3. The number of hydrogen-bond acceptors (Lipinski definition) is 3. The average Bonchev–Trinajstić information content (AvgIpc) is 2.05. The van der Waals surface area contributed by atoms with E-state index in [1.165, 1.54) is 0 Å². The molecule has 0 saturated heterocycles. The molecule has 0 fully saturated rings. The molecule has 0 aliphatic carbocycles. The quantitative estimate of drug-likeness (QED) is 0.689. The van der Waals surface area contributed by atoms with E-state index in [0.29, 0.717) is 12.3 Å². The molecule has 0 aliphatic rings. The summed E-state index contributed by atoms with van der Waals surface area (Å²) < 4.78 is 14.8. The van der Waals surface area contributed by atoms with Crippen molar-refractivity contribution in [3.8, 4) is 5.75 Å². The summed E-state index contributed by atoms with van der Waals surface area (Å²) in [5.74, 6) is 0.388. The minimum atomic E-state index is -2.89. The Balaban J connectivity index is 2.71. The van der Waals surface area contributed by atoms with Crippen LogP contribution in [0.25, 0.3) is 0 Å². The van der Waals surface area contributed by atoms with Crippen molar-refractivity contribution >= 4 is 8.25 Å². The SMILES string of the molecule is NCc1ccc(O[PH](=O)O)cc1. The van der Waals surface area contributed by atoms with Gasteiger partial charge in [0, 0.05) is 6.54 Å². The van der Waals surface area contributed by atoms with Gasteiger partial charge < -0.3 is 15.2 Å². The van der Waals surface area contributed by atoms with Gasteiger partial charge in [0.25, 0.3) is 0 Å². The second-order valence-corrected chi connectivity index (χ2v) is 2.95. The number of hydrogen-bond donors (Lipinski definition) is 2. The predicted molar refractivity (Wildman–Crippen MR) is 46.2 cm³/mol. The Morgan fingerprint density at radius 1 is 1.42 bits per heavy atom. The molecule has 0 spiro atoms. The van der Waals surface area contributed by atoms with Gasteiger partial charge >= 0.3 is 8.25 Å². The highest BCUT2D eigenvalue weighted by Gasteiger charge is 1.95. The molecule has 3 N–H and O–H groups in total. The van der Waals surface area contributed by atoms with E-state index in [1.807, 2.05) is 0 Å². The fraction of sp³-hybridized carbons (Fsp3) is 0.143. The molecule has 0 aliphatic heterocycles. The van der Waals surface area contributed by atoms with Crippen LogP contribution in [0.15, 0.2) is 24.3 Å². The molecule has 4 nitrogen and oxygen atoms in total. The van der Waals surface area contributed by atoms with Crippen molar-refractivity contribution in [1.82, 2.24) is 0 Å². The third kappa shape index (κ3) is 2.66. The van der Waals surface area contributed by atoms with Crippen molar-refractivity contribution in [1.29, 1.82) is 0 Å². The first kappa shape index (κ1) is 9.26. The maximum absolute atomic E-state index is 10.3. The molecule has 1 unspecified atom stereocenters. The van der Waals surface area contributed by atoms with Crippen LogP contribution in [-0.2, 0) is 11.1 Å². The second-order valence-electron chi connectivity index (χ2n) is 2.22. The molecule has 0 saturated carbocycles. The predicted octanol–water partition coefficient (Wildman–Crippen LogP) is 0.906. The van der Waals surface area contributed by atoms with Gasteiger partial charge in [0.15, 0.2) is 0 Å². The highest BCUT2D eigenvalue weighted by Crippen LogP contribution is 2.22. The Hall–Kier alpha value is -0.830. The average molecular weight is 187 g/mol. The monoisotopic (exact) mass is 187 g/mol. The largest absolute Gasteiger partial charge is 0.426 e. The molecule has 1 aromatic rings. The lowest BCUT2D eigenvalue weighted by Gasteiger charge is -2.01. The lowest BCUT2D eigenvalue weighted by molar-refractivity contribution is 0.410. The third-order valence-electron chi connectivity index (χ3n) is 1.36. The fourth-order valence-corrected chi connectivity index (χ4v) is 1.13. The summed E-state index contributed by atoms with van der Waals surface area (Å²) >= 11 is 0.